The Morgan fingerprint density at radius 3 is 3.00 bits per heavy atom. The first-order valence-corrected chi connectivity index (χ1v) is 9.67. The van der Waals surface area contributed by atoms with Gasteiger partial charge in [0, 0.05) is 12.6 Å². The van der Waals surface area contributed by atoms with E-state index in [9.17, 15) is 9.59 Å². The molecule has 0 bridgehead atoms. The molecule has 2 N–H and O–H groups in total. The summed E-state index contributed by atoms with van der Waals surface area (Å²) >= 11 is 1.17. The van der Waals surface area contributed by atoms with Gasteiger partial charge in [0.25, 0.3) is 5.56 Å². The summed E-state index contributed by atoms with van der Waals surface area (Å²) in [4.78, 5) is 24.3. The first kappa shape index (κ1) is 18.8. The molecular formula is C19H17N5O4S. The fourth-order valence-corrected chi connectivity index (χ4v) is 3.43. The number of nitrogens with zero attached hydrogens (tertiary/aromatic N) is 3. The highest BCUT2D eigenvalue weighted by Gasteiger charge is 2.14. The molecule has 1 amide bonds. The molecule has 0 saturated carbocycles. The Hall–Kier alpha value is -3.53. The van der Waals surface area contributed by atoms with E-state index in [-0.39, 0.29) is 17.2 Å². The van der Waals surface area contributed by atoms with E-state index in [1.54, 1.807) is 25.3 Å². The summed E-state index contributed by atoms with van der Waals surface area (Å²) in [6, 6.07) is 12.6. The number of H-pyrrole nitrogens is 1. The zero-order valence-corrected chi connectivity index (χ0v) is 16.2. The van der Waals surface area contributed by atoms with Crippen molar-refractivity contribution in [2.45, 2.75) is 11.7 Å². The molecular weight excluding hydrogens is 394 g/mol. The van der Waals surface area contributed by atoms with Crippen LogP contribution in [-0.2, 0) is 11.3 Å². The van der Waals surface area contributed by atoms with E-state index < -0.39 is 0 Å². The van der Waals surface area contributed by atoms with Crippen molar-refractivity contribution in [2.75, 3.05) is 12.9 Å². The number of thioether (sulfide) groups is 1. The van der Waals surface area contributed by atoms with E-state index in [4.69, 9.17) is 9.15 Å². The van der Waals surface area contributed by atoms with Crippen molar-refractivity contribution in [3.63, 3.8) is 0 Å². The first-order chi connectivity index (χ1) is 14.1. The SMILES string of the molecule is COc1cccc(CNC(=O)CSc2n[nH]c(=O)c3cc(-c4ccco4)nn23)c1. The van der Waals surface area contributed by atoms with Gasteiger partial charge in [0.2, 0.25) is 11.1 Å². The van der Waals surface area contributed by atoms with Crippen molar-refractivity contribution in [3.05, 3.63) is 64.6 Å². The number of methoxy groups -OCH3 is 1. The van der Waals surface area contributed by atoms with E-state index in [0.717, 1.165) is 11.3 Å². The minimum absolute atomic E-state index is 0.119. The van der Waals surface area contributed by atoms with Gasteiger partial charge in [-0.05, 0) is 29.8 Å². The third-order valence-corrected chi connectivity index (χ3v) is 5.04. The maximum Gasteiger partial charge on any atom is 0.290 e. The van der Waals surface area contributed by atoms with E-state index in [2.05, 4.69) is 20.6 Å². The Kier molecular flexibility index (Phi) is 5.34. The largest absolute Gasteiger partial charge is 0.497 e. The Morgan fingerprint density at radius 1 is 1.31 bits per heavy atom. The molecule has 29 heavy (non-hydrogen) atoms. The summed E-state index contributed by atoms with van der Waals surface area (Å²) < 4.78 is 11.9. The third kappa shape index (κ3) is 4.16. The van der Waals surface area contributed by atoms with E-state index >= 15 is 0 Å². The molecule has 10 heteroatoms. The van der Waals surface area contributed by atoms with Gasteiger partial charge in [-0.3, -0.25) is 9.59 Å². The summed E-state index contributed by atoms with van der Waals surface area (Å²) in [6.45, 7) is 0.384. The molecule has 0 saturated heterocycles. The smallest absolute Gasteiger partial charge is 0.290 e. The standard InChI is InChI=1S/C19H17N5O4S/c1-27-13-5-2-4-12(8-13)10-20-17(25)11-29-19-22-21-18(26)15-9-14(23-24(15)19)16-6-3-7-28-16/h2-9H,10-11H2,1H3,(H,20,25)(H,21,26). The number of amides is 1. The van der Waals surface area contributed by atoms with Crippen LogP contribution >= 0.6 is 11.8 Å². The Labute approximate surface area is 169 Å². The molecule has 0 atom stereocenters. The number of fused-ring (bicyclic) bond motifs is 1. The van der Waals surface area contributed by atoms with Crippen molar-refractivity contribution in [2.24, 2.45) is 0 Å². The second kappa shape index (κ2) is 8.23. The van der Waals surface area contributed by atoms with Gasteiger partial charge in [0.05, 0.1) is 19.1 Å². The molecule has 4 aromatic rings. The minimum Gasteiger partial charge on any atom is -0.497 e. The van der Waals surface area contributed by atoms with Gasteiger partial charge in [0.1, 0.15) is 17.0 Å². The molecule has 3 aromatic heterocycles. The van der Waals surface area contributed by atoms with Gasteiger partial charge in [-0.2, -0.15) is 5.10 Å². The van der Waals surface area contributed by atoms with Gasteiger partial charge in [-0.1, -0.05) is 23.9 Å². The molecule has 0 spiro atoms. The van der Waals surface area contributed by atoms with Crippen molar-refractivity contribution >= 4 is 23.2 Å². The first-order valence-electron chi connectivity index (χ1n) is 8.69. The van der Waals surface area contributed by atoms with Gasteiger partial charge >= 0.3 is 0 Å². The molecule has 0 aliphatic heterocycles. The zero-order chi connectivity index (χ0) is 20.2. The van der Waals surface area contributed by atoms with Gasteiger partial charge < -0.3 is 14.5 Å². The second-order valence-electron chi connectivity index (χ2n) is 6.06. The average molecular weight is 411 g/mol. The lowest BCUT2D eigenvalue weighted by Gasteiger charge is -2.07. The summed E-state index contributed by atoms with van der Waals surface area (Å²) in [5.74, 6) is 1.23. The third-order valence-electron chi connectivity index (χ3n) is 4.11. The highest BCUT2D eigenvalue weighted by atomic mass is 32.2. The van der Waals surface area contributed by atoms with Crippen LogP contribution < -0.4 is 15.6 Å². The van der Waals surface area contributed by atoms with Crippen molar-refractivity contribution in [1.82, 2.24) is 25.1 Å². The average Bonchev–Trinajstić information content (AvgIpc) is 3.42. The van der Waals surface area contributed by atoms with Crippen LogP contribution in [-0.4, -0.2) is 38.6 Å². The highest BCUT2D eigenvalue weighted by molar-refractivity contribution is 7.99. The number of benzene rings is 1. The molecule has 9 nitrogen and oxygen atoms in total. The van der Waals surface area contributed by atoms with Crippen molar-refractivity contribution < 1.29 is 13.9 Å². The lowest BCUT2D eigenvalue weighted by molar-refractivity contribution is -0.118. The fourth-order valence-electron chi connectivity index (χ4n) is 2.69. The number of aromatic nitrogens is 4. The lowest BCUT2D eigenvalue weighted by Crippen LogP contribution is -2.25. The number of carbonyl (C=O) groups excluding carboxylic acids is 1. The van der Waals surface area contributed by atoms with Gasteiger partial charge in [0.15, 0.2) is 5.76 Å². The summed E-state index contributed by atoms with van der Waals surface area (Å²) in [7, 11) is 1.60. The molecule has 0 fully saturated rings. The molecule has 0 aliphatic rings. The summed E-state index contributed by atoms with van der Waals surface area (Å²) in [6.07, 6.45) is 1.53. The number of rotatable bonds is 7. The number of carbonyl (C=O) groups is 1. The van der Waals surface area contributed by atoms with Crippen molar-refractivity contribution in [3.8, 4) is 17.2 Å². The van der Waals surface area contributed by atoms with Crippen molar-refractivity contribution in [1.29, 1.82) is 0 Å². The number of hydrogen-bond donors (Lipinski definition) is 2. The Balaban J connectivity index is 1.44. The maximum atomic E-state index is 12.2. The number of ether oxygens (including phenoxy) is 1. The number of nitrogens with one attached hydrogen (secondary N) is 2. The molecule has 0 radical (unpaired) electrons. The molecule has 148 valence electrons. The molecule has 3 heterocycles. The van der Waals surface area contributed by atoms with Crippen LogP contribution in [0.25, 0.3) is 17.0 Å². The molecule has 0 unspecified atom stereocenters. The number of furan rings is 1. The summed E-state index contributed by atoms with van der Waals surface area (Å²) in [5.41, 5.74) is 1.40. The molecule has 4 rings (SSSR count). The Bertz CT molecular complexity index is 1200. The maximum absolute atomic E-state index is 12.2. The fraction of sp³-hybridized carbons (Fsp3) is 0.158. The van der Waals surface area contributed by atoms with Crippen LogP contribution in [0.4, 0.5) is 0 Å². The van der Waals surface area contributed by atoms with E-state index in [1.807, 2.05) is 24.3 Å². The predicted octanol–water partition coefficient (Wildman–Crippen LogP) is 2.09. The van der Waals surface area contributed by atoms with Crippen LogP contribution in [0.5, 0.6) is 5.75 Å². The van der Waals surface area contributed by atoms with Crippen LogP contribution in [0.3, 0.4) is 0 Å². The predicted molar refractivity (Wildman–Crippen MR) is 107 cm³/mol. The van der Waals surface area contributed by atoms with E-state index in [0.29, 0.717) is 28.7 Å². The van der Waals surface area contributed by atoms with Crippen LogP contribution in [0, 0.1) is 0 Å². The van der Waals surface area contributed by atoms with Crippen LogP contribution in [0.1, 0.15) is 5.56 Å². The lowest BCUT2D eigenvalue weighted by atomic mass is 10.2. The molecule has 1 aromatic carbocycles. The normalized spacial score (nSPS) is 10.9. The Morgan fingerprint density at radius 2 is 2.21 bits per heavy atom. The number of hydrogen-bond acceptors (Lipinski definition) is 7. The summed E-state index contributed by atoms with van der Waals surface area (Å²) in [5, 5.41) is 14.1. The quantitative estimate of drug-likeness (QED) is 0.448. The minimum atomic E-state index is -0.373. The highest BCUT2D eigenvalue weighted by Crippen LogP contribution is 2.21. The van der Waals surface area contributed by atoms with Crippen LogP contribution in [0.15, 0.2) is 63.1 Å². The van der Waals surface area contributed by atoms with Gasteiger partial charge in [-0.25, -0.2) is 9.61 Å². The monoisotopic (exact) mass is 411 g/mol. The topological polar surface area (TPSA) is 115 Å². The zero-order valence-electron chi connectivity index (χ0n) is 15.4. The second-order valence-corrected chi connectivity index (χ2v) is 7.00. The van der Waals surface area contributed by atoms with Gasteiger partial charge in [-0.15, -0.1) is 5.10 Å². The molecule has 0 aliphatic carbocycles. The van der Waals surface area contributed by atoms with E-state index in [1.165, 1.54) is 22.5 Å². The number of aromatic amines is 1. The van der Waals surface area contributed by atoms with Crippen LogP contribution in [0.2, 0.25) is 0 Å².